The zero-order chi connectivity index (χ0) is 7.73. The molecule has 0 aromatic rings. The van der Waals surface area contributed by atoms with Gasteiger partial charge in [0, 0.05) is 11.5 Å². The molecule has 0 amide bonds. The van der Waals surface area contributed by atoms with Crippen molar-refractivity contribution in [1.29, 1.82) is 0 Å². The van der Waals surface area contributed by atoms with Crippen molar-refractivity contribution in [2.75, 3.05) is 11.5 Å². The highest BCUT2D eigenvalue weighted by Gasteiger charge is 2.43. The monoisotopic (exact) mass is 190 g/mol. The average Bonchev–Trinajstić information content (AvgIpc) is 2.46. The first-order valence-corrected chi connectivity index (χ1v) is 6.27. The molecule has 1 saturated heterocycles. The third-order valence-electron chi connectivity index (χ3n) is 2.54. The first-order valence-electron chi connectivity index (χ1n) is 4.29. The fourth-order valence-corrected chi connectivity index (χ4v) is 5.29. The molecule has 0 aromatic carbocycles. The highest BCUT2D eigenvalue weighted by atomic mass is 32.2. The summed E-state index contributed by atoms with van der Waals surface area (Å²) in [6.45, 7) is 0. The molecule has 1 nitrogen and oxygen atoms in total. The molecule has 2 aliphatic rings. The summed E-state index contributed by atoms with van der Waals surface area (Å²) >= 11 is 3.97. The van der Waals surface area contributed by atoms with Gasteiger partial charge >= 0.3 is 0 Å². The molecule has 2 fully saturated rings. The Kier molecular flexibility index (Phi) is 2.40. The summed E-state index contributed by atoms with van der Waals surface area (Å²) in [7, 11) is 0. The zero-order valence-electron chi connectivity index (χ0n) is 6.58. The number of hydrogen-bond donors (Lipinski definition) is 1. The summed E-state index contributed by atoms with van der Waals surface area (Å²) in [4.78, 5) is 0. The second-order valence-electron chi connectivity index (χ2n) is 3.27. The minimum atomic E-state index is -0.0336. The summed E-state index contributed by atoms with van der Waals surface area (Å²) in [5.74, 6) is 2.48. The van der Waals surface area contributed by atoms with E-state index in [-0.39, 0.29) is 10.2 Å². The Morgan fingerprint density at radius 2 is 1.91 bits per heavy atom. The molecule has 1 heterocycles. The van der Waals surface area contributed by atoms with Gasteiger partial charge < -0.3 is 5.11 Å². The van der Waals surface area contributed by atoms with E-state index in [1.54, 1.807) is 0 Å². The van der Waals surface area contributed by atoms with E-state index in [0.717, 1.165) is 6.42 Å². The van der Waals surface area contributed by atoms with Crippen molar-refractivity contribution >= 4 is 23.5 Å². The topological polar surface area (TPSA) is 20.2 Å². The van der Waals surface area contributed by atoms with Gasteiger partial charge in [-0.1, -0.05) is 12.8 Å². The summed E-state index contributed by atoms with van der Waals surface area (Å²) in [6, 6.07) is 0. The number of hydrogen-bond acceptors (Lipinski definition) is 3. The lowest BCUT2D eigenvalue weighted by atomic mass is 9.97. The molecule has 1 N–H and O–H groups in total. The number of aliphatic hydroxyl groups is 1. The molecule has 64 valence electrons. The van der Waals surface area contributed by atoms with E-state index in [9.17, 15) is 5.11 Å². The van der Waals surface area contributed by atoms with Gasteiger partial charge in [-0.3, -0.25) is 0 Å². The molecule has 3 heteroatoms. The molecule has 11 heavy (non-hydrogen) atoms. The van der Waals surface area contributed by atoms with Crippen molar-refractivity contribution in [3.8, 4) is 0 Å². The lowest BCUT2D eigenvalue weighted by molar-refractivity contribution is 0.126. The molecular weight excluding hydrogens is 176 g/mol. The van der Waals surface area contributed by atoms with Gasteiger partial charge in [-0.05, 0) is 12.8 Å². The Morgan fingerprint density at radius 1 is 1.18 bits per heavy atom. The first-order chi connectivity index (χ1) is 5.33. The highest BCUT2D eigenvalue weighted by molar-refractivity contribution is 8.21. The van der Waals surface area contributed by atoms with Crippen LogP contribution in [0.3, 0.4) is 0 Å². The molecule has 1 aliphatic heterocycles. The van der Waals surface area contributed by atoms with Crippen LogP contribution in [0.2, 0.25) is 0 Å². The SMILES string of the molecule is O[C@@H]1CCCCC12SCCS2. The summed E-state index contributed by atoms with van der Waals surface area (Å²) < 4.78 is 0.220. The standard InChI is InChI=1S/C8H14OS2/c9-7-3-1-2-4-8(7)10-5-6-11-8/h7,9H,1-6H2/t7-/m1/s1. The second kappa shape index (κ2) is 3.19. The van der Waals surface area contributed by atoms with Gasteiger partial charge in [0.1, 0.15) is 0 Å². The van der Waals surface area contributed by atoms with Crippen molar-refractivity contribution in [3.05, 3.63) is 0 Å². The number of thioether (sulfide) groups is 2. The van der Waals surface area contributed by atoms with Crippen LogP contribution in [0.5, 0.6) is 0 Å². The Bertz CT molecular complexity index is 143. The molecule has 0 radical (unpaired) electrons. The van der Waals surface area contributed by atoms with Gasteiger partial charge in [-0.15, -0.1) is 23.5 Å². The van der Waals surface area contributed by atoms with E-state index in [4.69, 9.17) is 0 Å². The van der Waals surface area contributed by atoms with E-state index in [1.165, 1.54) is 30.8 Å². The van der Waals surface area contributed by atoms with Crippen LogP contribution in [0.25, 0.3) is 0 Å². The molecule has 1 atom stereocenters. The van der Waals surface area contributed by atoms with E-state index in [1.807, 2.05) is 23.5 Å². The van der Waals surface area contributed by atoms with E-state index in [2.05, 4.69) is 0 Å². The summed E-state index contributed by atoms with van der Waals surface area (Å²) in [6.07, 6.45) is 4.76. The van der Waals surface area contributed by atoms with E-state index in [0.29, 0.717) is 0 Å². The molecule has 0 unspecified atom stereocenters. The molecule has 2 rings (SSSR count). The van der Waals surface area contributed by atoms with Gasteiger partial charge in [0.25, 0.3) is 0 Å². The normalized spacial score (nSPS) is 36.3. The molecule has 0 aromatic heterocycles. The maximum atomic E-state index is 9.82. The Hall–Kier alpha value is 0.660. The zero-order valence-corrected chi connectivity index (χ0v) is 8.22. The molecule has 1 saturated carbocycles. The van der Waals surface area contributed by atoms with Gasteiger partial charge in [0.15, 0.2) is 0 Å². The van der Waals surface area contributed by atoms with Gasteiger partial charge in [-0.25, -0.2) is 0 Å². The molecule has 1 spiro atoms. The van der Waals surface area contributed by atoms with Crippen LogP contribution in [0.15, 0.2) is 0 Å². The predicted molar refractivity (Wildman–Crippen MR) is 52.1 cm³/mol. The molecule has 0 bridgehead atoms. The summed E-state index contributed by atoms with van der Waals surface area (Å²) in [5.41, 5.74) is 0. The van der Waals surface area contributed by atoms with Crippen molar-refractivity contribution in [3.63, 3.8) is 0 Å². The predicted octanol–water partition coefficient (Wildman–Crippen LogP) is 2.10. The van der Waals surface area contributed by atoms with Gasteiger partial charge in [-0.2, -0.15) is 0 Å². The van der Waals surface area contributed by atoms with Crippen molar-refractivity contribution < 1.29 is 5.11 Å². The first kappa shape index (κ1) is 8.27. The van der Waals surface area contributed by atoms with Crippen LogP contribution in [-0.2, 0) is 0 Å². The quantitative estimate of drug-likeness (QED) is 0.631. The summed E-state index contributed by atoms with van der Waals surface area (Å²) in [5, 5.41) is 9.82. The van der Waals surface area contributed by atoms with E-state index >= 15 is 0 Å². The minimum absolute atomic E-state index is 0.0336. The van der Waals surface area contributed by atoms with Crippen LogP contribution >= 0.6 is 23.5 Å². The third-order valence-corrected chi connectivity index (χ3v) is 6.25. The highest BCUT2D eigenvalue weighted by Crippen LogP contribution is 2.52. The Balaban J connectivity index is 2.07. The van der Waals surface area contributed by atoms with Crippen LogP contribution < -0.4 is 0 Å². The Morgan fingerprint density at radius 3 is 2.55 bits per heavy atom. The minimum Gasteiger partial charge on any atom is -0.391 e. The van der Waals surface area contributed by atoms with Crippen molar-refractivity contribution in [1.82, 2.24) is 0 Å². The van der Waals surface area contributed by atoms with Gasteiger partial charge in [0.2, 0.25) is 0 Å². The number of rotatable bonds is 0. The number of aliphatic hydroxyl groups excluding tert-OH is 1. The second-order valence-corrected chi connectivity index (χ2v) is 6.38. The lowest BCUT2D eigenvalue weighted by Gasteiger charge is -2.36. The van der Waals surface area contributed by atoms with Crippen molar-refractivity contribution in [2.45, 2.75) is 35.9 Å². The van der Waals surface area contributed by atoms with Gasteiger partial charge in [0.05, 0.1) is 10.2 Å². The fourth-order valence-electron chi connectivity index (χ4n) is 1.90. The average molecular weight is 190 g/mol. The molecule has 1 aliphatic carbocycles. The maximum absolute atomic E-state index is 9.82. The van der Waals surface area contributed by atoms with E-state index < -0.39 is 0 Å². The lowest BCUT2D eigenvalue weighted by Crippen LogP contribution is -2.36. The maximum Gasteiger partial charge on any atom is 0.0869 e. The van der Waals surface area contributed by atoms with Crippen molar-refractivity contribution in [2.24, 2.45) is 0 Å². The molecular formula is C8H14OS2. The smallest absolute Gasteiger partial charge is 0.0869 e. The largest absolute Gasteiger partial charge is 0.391 e. The van der Waals surface area contributed by atoms with Crippen LogP contribution in [0.1, 0.15) is 25.7 Å². The van der Waals surface area contributed by atoms with Crippen LogP contribution in [0, 0.1) is 0 Å². The van der Waals surface area contributed by atoms with Crippen LogP contribution in [0.4, 0.5) is 0 Å². The fraction of sp³-hybridized carbons (Fsp3) is 1.00. The third kappa shape index (κ3) is 1.43. The Labute approximate surface area is 76.3 Å². The van der Waals surface area contributed by atoms with Crippen LogP contribution in [-0.4, -0.2) is 26.8 Å².